The third-order valence-corrected chi connectivity index (χ3v) is 5.19. The van der Waals surface area contributed by atoms with E-state index in [0.29, 0.717) is 12.1 Å². The van der Waals surface area contributed by atoms with E-state index < -0.39 is 0 Å². The van der Waals surface area contributed by atoms with E-state index >= 15 is 0 Å². The molecule has 1 atom stereocenters. The lowest BCUT2D eigenvalue weighted by Gasteiger charge is -2.07. The SMILES string of the molecule is CCCCCCCCCCCCC1CC(C(=O)CCCCCC)=NO1. The molecule has 0 aromatic heterocycles. The first-order valence-electron chi connectivity index (χ1n) is 11.0. The number of oxime groups is 1. The summed E-state index contributed by atoms with van der Waals surface area (Å²) in [5, 5.41) is 4.05. The average Bonchev–Trinajstić information content (AvgIpc) is 3.09. The number of rotatable bonds is 17. The molecule has 0 bridgehead atoms. The minimum Gasteiger partial charge on any atom is -0.392 e. The molecule has 0 radical (unpaired) electrons. The van der Waals surface area contributed by atoms with Gasteiger partial charge >= 0.3 is 0 Å². The van der Waals surface area contributed by atoms with Crippen molar-refractivity contribution in [3.63, 3.8) is 0 Å². The highest BCUT2D eigenvalue weighted by atomic mass is 16.6. The van der Waals surface area contributed by atoms with Crippen LogP contribution in [0.2, 0.25) is 0 Å². The van der Waals surface area contributed by atoms with Crippen LogP contribution in [0.5, 0.6) is 0 Å². The molecular weight excluding hydrogens is 310 g/mol. The number of carbonyl (C=O) groups excluding carboxylic acids is 1. The highest BCUT2D eigenvalue weighted by Crippen LogP contribution is 2.20. The summed E-state index contributed by atoms with van der Waals surface area (Å²) in [6.07, 6.45) is 20.7. The molecule has 0 N–H and O–H groups in total. The summed E-state index contributed by atoms with van der Waals surface area (Å²) in [6, 6.07) is 0. The second-order valence-corrected chi connectivity index (χ2v) is 7.67. The number of hydrogen-bond acceptors (Lipinski definition) is 3. The Morgan fingerprint density at radius 2 is 1.36 bits per heavy atom. The van der Waals surface area contributed by atoms with Crippen molar-refractivity contribution in [2.45, 2.75) is 129 Å². The quantitative estimate of drug-likeness (QED) is 0.265. The molecule has 0 aromatic carbocycles. The van der Waals surface area contributed by atoms with E-state index in [1.165, 1.54) is 77.0 Å². The molecule has 3 heteroatoms. The van der Waals surface area contributed by atoms with Gasteiger partial charge in [0.05, 0.1) is 0 Å². The Morgan fingerprint density at radius 1 is 0.840 bits per heavy atom. The normalized spacial score (nSPS) is 16.7. The fourth-order valence-electron chi connectivity index (χ4n) is 3.46. The largest absolute Gasteiger partial charge is 0.392 e. The molecule has 1 aliphatic heterocycles. The van der Waals surface area contributed by atoms with Crippen molar-refractivity contribution >= 4 is 11.5 Å². The van der Waals surface area contributed by atoms with Gasteiger partial charge in [-0.25, -0.2) is 0 Å². The van der Waals surface area contributed by atoms with Gasteiger partial charge in [-0.1, -0.05) is 96.1 Å². The van der Waals surface area contributed by atoms with Gasteiger partial charge in [0.25, 0.3) is 0 Å². The zero-order valence-electron chi connectivity index (χ0n) is 16.9. The Morgan fingerprint density at radius 3 is 1.96 bits per heavy atom. The zero-order valence-corrected chi connectivity index (χ0v) is 16.9. The van der Waals surface area contributed by atoms with E-state index in [9.17, 15) is 4.79 Å². The molecule has 0 saturated heterocycles. The van der Waals surface area contributed by atoms with E-state index in [1.807, 2.05) is 0 Å². The number of nitrogens with zero attached hydrogens (tertiary/aromatic N) is 1. The van der Waals surface area contributed by atoms with Crippen molar-refractivity contribution in [1.82, 2.24) is 0 Å². The van der Waals surface area contributed by atoms with E-state index in [2.05, 4.69) is 19.0 Å². The molecule has 3 nitrogen and oxygen atoms in total. The smallest absolute Gasteiger partial charge is 0.180 e. The monoisotopic (exact) mass is 351 g/mol. The van der Waals surface area contributed by atoms with Gasteiger partial charge in [-0.2, -0.15) is 0 Å². The van der Waals surface area contributed by atoms with E-state index in [-0.39, 0.29) is 11.9 Å². The van der Waals surface area contributed by atoms with Crippen LogP contribution in [0, 0.1) is 0 Å². The van der Waals surface area contributed by atoms with Crippen LogP contribution in [0.4, 0.5) is 0 Å². The molecule has 0 aromatic rings. The maximum atomic E-state index is 12.1. The summed E-state index contributed by atoms with van der Waals surface area (Å²) in [4.78, 5) is 17.5. The predicted octanol–water partition coefficient (Wildman–Crippen LogP) is 6.98. The lowest BCUT2D eigenvalue weighted by atomic mass is 10.00. The van der Waals surface area contributed by atoms with Crippen LogP contribution in [-0.2, 0) is 9.63 Å². The van der Waals surface area contributed by atoms with Crippen LogP contribution < -0.4 is 0 Å². The summed E-state index contributed by atoms with van der Waals surface area (Å²) < 4.78 is 0. The number of unbranched alkanes of at least 4 members (excludes halogenated alkanes) is 12. The van der Waals surface area contributed by atoms with Crippen LogP contribution in [0.1, 0.15) is 123 Å². The molecule has 1 heterocycles. The molecule has 1 rings (SSSR count). The molecule has 0 saturated carbocycles. The second kappa shape index (κ2) is 15.4. The van der Waals surface area contributed by atoms with Gasteiger partial charge in [-0.15, -0.1) is 0 Å². The molecule has 1 unspecified atom stereocenters. The summed E-state index contributed by atoms with van der Waals surface area (Å²) >= 11 is 0. The maximum absolute atomic E-state index is 12.1. The van der Waals surface area contributed by atoms with E-state index in [4.69, 9.17) is 4.84 Å². The Balaban J connectivity index is 1.92. The first kappa shape index (κ1) is 22.2. The highest BCUT2D eigenvalue weighted by molar-refractivity contribution is 6.40. The van der Waals surface area contributed by atoms with Crippen molar-refractivity contribution in [1.29, 1.82) is 0 Å². The van der Waals surface area contributed by atoms with Crippen molar-refractivity contribution < 1.29 is 9.63 Å². The van der Waals surface area contributed by atoms with Gasteiger partial charge in [-0.05, 0) is 19.3 Å². The summed E-state index contributed by atoms with van der Waals surface area (Å²) in [6.45, 7) is 4.46. The lowest BCUT2D eigenvalue weighted by molar-refractivity contribution is -0.113. The third kappa shape index (κ3) is 11.4. The topological polar surface area (TPSA) is 38.7 Å². The van der Waals surface area contributed by atoms with Crippen molar-refractivity contribution in [3.05, 3.63) is 0 Å². The standard InChI is InChI=1S/C22H41NO2/c1-3-5-7-9-10-11-12-13-14-15-17-20-19-21(23-25-20)22(24)18-16-8-6-4-2/h20H,3-19H2,1-2H3. The van der Waals surface area contributed by atoms with Gasteiger partial charge in [0.15, 0.2) is 5.78 Å². The highest BCUT2D eigenvalue weighted by Gasteiger charge is 2.24. The van der Waals surface area contributed by atoms with Crippen LogP contribution in [-0.4, -0.2) is 17.6 Å². The van der Waals surface area contributed by atoms with Gasteiger partial charge in [0.1, 0.15) is 11.8 Å². The van der Waals surface area contributed by atoms with Crippen LogP contribution in [0.25, 0.3) is 0 Å². The number of hydrogen-bond donors (Lipinski definition) is 0. The minimum atomic E-state index is 0.156. The fourth-order valence-corrected chi connectivity index (χ4v) is 3.46. The zero-order chi connectivity index (χ0) is 18.2. The van der Waals surface area contributed by atoms with Gasteiger partial charge < -0.3 is 4.84 Å². The van der Waals surface area contributed by atoms with E-state index in [1.54, 1.807) is 0 Å². The lowest BCUT2D eigenvalue weighted by Crippen LogP contribution is -2.15. The number of carbonyl (C=O) groups is 1. The van der Waals surface area contributed by atoms with Crippen LogP contribution >= 0.6 is 0 Å². The van der Waals surface area contributed by atoms with Crippen molar-refractivity contribution in [3.8, 4) is 0 Å². The van der Waals surface area contributed by atoms with Crippen molar-refractivity contribution in [2.75, 3.05) is 0 Å². The van der Waals surface area contributed by atoms with Crippen LogP contribution in [0.3, 0.4) is 0 Å². The van der Waals surface area contributed by atoms with Gasteiger partial charge in [0.2, 0.25) is 0 Å². The Bertz CT molecular complexity index is 365. The van der Waals surface area contributed by atoms with Crippen molar-refractivity contribution in [2.24, 2.45) is 5.16 Å². The molecule has 0 amide bonds. The molecule has 0 spiro atoms. The molecule has 1 aliphatic rings. The average molecular weight is 352 g/mol. The third-order valence-electron chi connectivity index (χ3n) is 5.19. The van der Waals surface area contributed by atoms with Gasteiger partial charge in [0, 0.05) is 12.8 Å². The number of ketones is 1. The molecule has 146 valence electrons. The Hall–Kier alpha value is -0.860. The molecule has 25 heavy (non-hydrogen) atoms. The minimum absolute atomic E-state index is 0.156. The molecule has 0 fully saturated rings. The Kier molecular flexibility index (Phi) is 13.7. The molecule has 0 aliphatic carbocycles. The van der Waals surface area contributed by atoms with Gasteiger partial charge in [-0.3, -0.25) is 4.79 Å². The molecular formula is C22H41NO2. The fraction of sp³-hybridized carbons (Fsp3) is 0.909. The summed E-state index contributed by atoms with van der Waals surface area (Å²) in [5.41, 5.74) is 0.688. The first-order chi connectivity index (χ1) is 12.3. The predicted molar refractivity (Wildman–Crippen MR) is 107 cm³/mol. The summed E-state index contributed by atoms with van der Waals surface area (Å²) in [5.74, 6) is 0.210. The summed E-state index contributed by atoms with van der Waals surface area (Å²) in [7, 11) is 0. The maximum Gasteiger partial charge on any atom is 0.180 e. The number of Topliss-reactive ketones (excluding diaryl/α,β-unsaturated/α-hetero) is 1. The van der Waals surface area contributed by atoms with E-state index in [0.717, 1.165) is 25.7 Å². The first-order valence-corrected chi connectivity index (χ1v) is 11.0. The Labute approximate surface area is 156 Å². The second-order valence-electron chi connectivity index (χ2n) is 7.67. The van der Waals surface area contributed by atoms with Crippen LogP contribution in [0.15, 0.2) is 5.16 Å².